The van der Waals surface area contributed by atoms with Gasteiger partial charge in [0.25, 0.3) is 0 Å². The highest BCUT2D eigenvalue weighted by molar-refractivity contribution is 7.80. The average molecular weight is 461 g/mol. The number of hydrogen-bond donors (Lipinski definition) is 2. The number of piperidine rings is 1. The Bertz CT molecular complexity index is 725. The summed E-state index contributed by atoms with van der Waals surface area (Å²) in [6.45, 7) is 20.1. The Morgan fingerprint density at radius 3 is 2.28 bits per heavy atom. The monoisotopic (exact) mass is 460 g/mol. The molecule has 2 fully saturated rings. The quantitative estimate of drug-likeness (QED) is 0.596. The van der Waals surface area contributed by atoms with Crippen LogP contribution in [0.5, 0.6) is 0 Å². The molecule has 1 aromatic carbocycles. The van der Waals surface area contributed by atoms with Crippen molar-refractivity contribution in [1.82, 2.24) is 20.4 Å². The highest BCUT2D eigenvalue weighted by Gasteiger charge is 2.38. The van der Waals surface area contributed by atoms with Gasteiger partial charge in [-0.3, -0.25) is 4.90 Å². The summed E-state index contributed by atoms with van der Waals surface area (Å²) in [4.78, 5) is 4.84. The Hall–Kier alpha value is -1.21. The lowest BCUT2D eigenvalue weighted by molar-refractivity contribution is 0.0356. The molecule has 2 aliphatic rings. The number of nitrogens with one attached hydrogen (secondary N) is 2. The second-order valence-electron chi connectivity index (χ2n) is 11.2. The van der Waals surface area contributed by atoms with Crippen molar-refractivity contribution in [3.8, 4) is 0 Å². The van der Waals surface area contributed by atoms with E-state index in [9.17, 15) is 0 Å². The molecule has 1 aromatic rings. The molecule has 2 aliphatic heterocycles. The van der Waals surface area contributed by atoms with Gasteiger partial charge in [-0.05, 0) is 69.8 Å². The Morgan fingerprint density at radius 1 is 1.12 bits per heavy atom. The molecule has 0 aromatic heterocycles. The fourth-order valence-corrected chi connectivity index (χ4v) is 5.58. The smallest absolute Gasteiger partial charge is 0.169 e. The molecule has 2 N–H and O–H groups in total. The number of nitrogens with zero attached hydrogens (tertiary/aromatic N) is 2. The van der Waals surface area contributed by atoms with Gasteiger partial charge in [-0.25, -0.2) is 0 Å². The van der Waals surface area contributed by atoms with Gasteiger partial charge in [-0.1, -0.05) is 38.1 Å². The molecule has 0 unspecified atom stereocenters. The summed E-state index contributed by atoms with van der Waals surface area (Å²) in [5.74, 6) is 0.552. The van der Waals surface area contributed by atoms with Gasteiger partial charge in [0, 0.05) is 49.8 Å². The number of thiocarbonyl (C=S) groups is 1. The number of morpholine rings is 1. The Kier molecular flexibility index (Phi) is 8.59. The summed E-state index contributed by atoms with van der Waals surface area (Å²) in [6, 6.07) is 9.42. The number of hydrogen-bond acceptors (Lipinski definition) is 4. The van der Waals surface area contributed by atoms with Crippen molar-refractivity contribution in [2.45, 2.75) is 84.0 Å². The molecular weight excluding hydrogens is 416 g/mol. The van der Waals surface area contributed by atoms with Crippen LogP contribution in [0.3, 0.4) is 0 Å². The van der Waals surface area contributed by atoms with Crippen molar-refractivity contribution < 1.29 is 4.74 Å². The summed E-state index contributed by atoms with van der Waals surface area (Å²) >= 11 is 5.99. The van der Waals surface area contributed by atoms with E-state index in [4.69, 9.17) is 17.0 Å². The molecular formula is C26H44N4OS. The Morgan fingerprint density at radius 2 is 1.72 bits per heavy atom. The third-order valence-corrected chi connectivity index (χ3v) is 6.99. The van der Waals surface area contributed by atoms with Crippen LogP contribution in [-0.4, -0.2) is 71.4 Å². The predicted octanol–water partition coefficient (Wildman–Crippen LogP) is 4.13. The van der Waals surface area contributed by atoms with E-state index < -0.39 is 0 Å². The first-order chi connectivity index (χ1) is 15.0. The van der Waals surface area contributed by atoms with Crippen molar-refractivity contribution >= 4 is 17.3 Å². The molecule has 0 atom stereocenters. The zero-order chi connectivity index (χ0) is 23.4. The van der Waals surface area contributed by atoms with Crippen molar-refractivity contribution in [3.05, 3.63) is 35.4 Å². The van der Waals surface area contributed by atoms with Crippen LogP contribution in [0.2, 0.25) is 0 Å². The topological polar surface area (TPSA) is 39.8 Å². The lowest BCUT2D eigenvalue weighted by atomic mass is 9.80. The third kappa shape index (κ3) is 7.68. The second kappa shape index (κ2) is 10.8. The van der Waals surface area contributed by atoms with Crippen LogP contribution in [-0.2, 0) is 11.3 Å². The van der Waals surface area contributed by atoms with Gasteiger partial charge < -0.3 is 20.3 Å². The van der Waals surface area contributed by atoms with Gasteiger partial charge in [-0.15, -0.1) is 0 Å². The van der Waals surface area contributed by atoms with E-state index in [1.807, 2.05) is 0 Å². The highest BCUT2D eigenvalue weighted by Crippen LogP contribution is 2.28. The van der Waals surface area contributed by atoms with Crippen molar-refractivity contribution in [3.63, 3.8) is 0 Å². The zero-order valence-corrected chi connectivity index (χ0v) is 21.9. The molecule has 0 bridgehead atoms. The third-order valence-electron chi connectivity index (χ3n) is 6.61. The first-order valence-corrected chi connectivity index (χ1v) is 12.7. The predicted molar refractivity (Wildman–Crippen MR) is 138 cm³/mol. The summed E-state index contributed by atoms with van der Waals surface area (Å²) in [7, 11) is 0. The Labute approximate surface area is 201 Å². The average Bonchev–Trinajstić information content (AvgIpc) is 2.69. The van der Waals surface area contributed by atoms with E-state index in [1.54, 1.807) is 0 Å². The molecule has 0 spiro atoms. The van der Waals surface area contributed by atoms with E-state index in [-0.39, 0.29) is 11.1 Å². The Balaban J connectivity index is 1.67. The van der Waals surface area contributed by atoms with E-state index in [2.05, 4.69) is 86.2 Å². The van der Waals surface area contributed by atoms with Crippen LogP contribution in [0.1, 0.15) is 71.4 Å². The fourth-order valence-electron chi connectivity index (χ4n) is 5.26. The van der Waals surface area contributed by atoms with Crippen molar-refractivity contribution in [2.75, 3.05) is 39.4 Å². The SMILES string of the molecule is CC(C)c1ccc(CN(CCN2CCOCC2)C(=S)NC2CC(C)(C)NC(C)(C)C2)cc1. The van der Waals surface area contributed by atoms with Crippen LogP contribution >= 0.6 is 12.2 Å². The normalized spacial score (nSPS) is 21.5. The summed E-state index contributed by atoms with van der Waals surface area (Å²) in [5, 5.41) is 8.39. The first kappa shape index (κ1) is 25.4. The van der Waals surface area contributed by atoms with Gasteiger partial charge in [0.1, 0.15) is 0 Å². The minimum atomic E-state index is 0.0976. The minimum Gasteiger partial charge on any atom is -0.379 e. The van der Waals surface area contributed by atoms with Gasteiger partial charge in [0.2, 0.25) is 0 Å². The van der Waals surface area contributed by atoms with Gasteiger partial charge in [0.05, 0.1) is 13.2 Å². The van der Waals surface area contributed by atoms with Crippen LogP contribution < -0.4 is 10.6 Å². The zero-order valence-electron chi connectivity index (χ0n) is 21.0. The maximum Gasteiger partial charge on any atom is 0.169 e. The molecule has 32 heavy (non-hydrogen) atoms. The van der Waals surface area contributed by atoms with E-state index >= 15 is 0 Å². The van der Waals surface area contributed by atoms with E-state index in [0.717, 1.165) is 63.9 Å². The summed E-state index contributed by atoms with van der Waals surface area (Å²) in [6.07, 6.45) is 2.13. The number of rotatable bonds is 7. The van der Waals surface area contributed by atoms with Crippen LogP contribution in [0, 0.1) is 0 Å². The lowest BCUT2D eigenvalue weighted by Crippen LogP contribution is -2.63. The van der Waals surface area contributed by atoms with Gasteiger partial charge in [0.15, 0.2) is 5.11 Å². The summed E-state index contributed by atoms with van der Waals surface area (Å²) < 4.78 is 5.52. The first-order valence-electron chi connectivity index (χ1n) is 12.3. The summed E-state index contributed by atoms with van der Waals surface area (Å²) in [5.41, 5.74) is 2.89. The maximum atomic E-state index is 5.99. The molecule has 180 valence electrons. The lowest BCUT2D eigenvalue weighted by Gasteiger charge is -2.47. The molecule has 2 heterocycles. The minimum absolute atomic E-state index is 0.0976. The van der Waals surface area contributed by atoms with Crippen LogP contribution in [0.15, 0.2) is 24.3 Å². The van der Waals surface area contributed by atoms with Crippen LogP contribution in [0.25, 0.3) is 0 Å². The molecule has 5 nitrogen and oxygen atoms in total. The number of benzene rings is 1. The molecule has 2 saturated heterocycles. The van der Waals surface area contributed by atoms with E-state index in [0.29, 0.717) is 12.0 Å². The maximum absolute atomic E-state index is 5.99. The largest absolute Gasteiger partial charge is 0.379 e. The molecule has 0 aliphatic carbocycles. The van der Waals surface area contributed by atoms with Gasteiger partial charge >= 0.3 is 0 Å². The molecule has 0 saturated carbocycles. The van der Waals surface area contributed by atoms with Crippen molar-refractivity contribution in [2.24, 2.45) is 0 Å². The molecule has 3 rings (SSSR count). The second-order valence-corrected chi connectivity index (χ2v) is 11.6. The van der Waals surface area contributed by atoms with Gasteiger partial charge in [-0.2, -0.15) is 0 Å². The molecule has 0 radical (unpaired) electrons. The van der Waals surface area contributed by atoms with Crippen molar-refractivity contribution in [1.29, 1.82) is 0 Å². The highest BCUT2D eigenvalue weighted by atomic mass is 32.1. The fraction of sp³-hybridized carbons (Fsp3) is 0.731. The standard InChI is InChI=1S/C26H44N4OS/c1-20(2)22-9-7-21(8-10-22)19-30(12-11-29-13-15-31-16-14-29)24(32)27-23-17-25(3,4)28-26(5,6)18-23/h7-10,20,23,28H,11-19H2,1-6H3,(H,27,32). The van der Waals surface area contributed by atoms with E-state index in [1.165, 1.54) is 11.1 Å². The molecule has 0 amide bonds. The number of ether oxygens (including phenoxy) is 1. The van der Waals surface area contributed by atoms with Crippen LogP contribution in [0.4, 0.5) is 0 Å². The molecule has 6 heteroatoms.